The topological polar surface area (TPSA) is 42.6 Å². The van der Waals surface area contributed by atoms with Crippen molar-refractivity contribution in [3.05, 3.63) is 71.4 Å². The minimum Gasteiger partial charge on any atom is -0.332 e. The van der Waals surface area contributed by atoms with Crippen LogP contribution in [0.15, 0.2) is 54.7 Å². The molecule has 29 heavy (non-hydrogen) atoms. The second-order valence-electron chi connectivity index (χ2n) is 7.89. The summed E-state index contributed by atoms with van der Waals surface area (Å²) < 4.78 is 1.83. The summed E-state index contributed by atoms with van der Waals surface area (Å²) in [4.78, 5) is 17.0. The third-order valence-electron chi connectivity index (χ3n) is 5.86. The normalized spacial score (nSPS) is 14.9. The van der Waals surface area contributed by atoms with Gasteiger partial charge in [-0.1, -0.05) is 42.0 Å². The Labute approximate surface area is 172 Å². The maximum atomic E-state index is 13.5. The Morgan fingerprint density at radius 3 is 2.45 bits per heavy atom. The Morgan fingerprint density at radius 1 is 1.07 bits per heavy atom. The van der Waals surface area contributed by atoms with Crippen LogP contribution in [0.25, 0.3) is 16.9 Å². The molecule has 2 heterocycles. The van der Waals surface area contributed by atoms with Crippen LogP contribution in [0.5, 0.6) is 0 Å². The van der Waals surface area contributed by atoms with Crippen molar-refractivity contribution in [2.75, 3.05) is 32.7 Å². The molecule has 0 bridgehead atoms. The average Bonchev–Trinajstić information content (AvgIpc) is 3.19. The van der Waals surface area contributed by atoms with Crippen molar-refractivity contribution in [2.45, 2.75) is 20.8 Å². The summed E-state index contributed by atoms with van der Waals surface area (Å²) >= 11 is 0. The molecule has 1 aliphatic rings. The molecule has 0 radical (unpaired) electrons. The zero-order valence-corrected chi connectivity index (χ0v) is 17.5. The Hall–Kier alpha value is -2.92. The monoisotopic (exact) mass is 389 g/mol. The van der Waals surface area contributed by atoms with Crippen molar-refractivity contribution in [2.24, 2.45) is 0 Å². The van der Waals surface area contributed by atoms with E-state index in [-0.39, 0.29) is 5.91 Å². The summed E-state index contributed by atoms with van der Waals surface area (Å²) in [6.07, 6.45) is 1.89. The molecule has 0 atom stereocenters. The highest BCUT2D eigenvalue weighted by Crippen LogP contribution is 2.28. The lowest BCUT2D eigenvalue weighted by molar-refractivity contribution is -0.902. The number of aromatic nitrogens is 2. The summed E-state index contributed by atoms with van der Waals surface area (Å²) in [7, 11) is 0. The first-order valence-corrected chi connectivity index (χ1v) is 10.4. The van der Waals surface area contributed by atoms with Crippen molar-refractivity contribution >= 4 is 5.91 Å². The van der Waals surface area contributed by atoms with Gasteiger partial charge < -0.3 is 9.80 Å². The van der Waals surface area contributed by atoms with Crippen LogP contribution >= 0.6 is 0 Å². The number of likely N-dealkylation sites (N-methyl/N-ethyl adjacent to an activating group) is 1. The van der Waals surface area contributed by atoms with Gasteiger partial charge in [0.25, 0.3) is 5.91 Å². The predicted octanol–water partition coefficient (Wildman–Crippen LogP) is 2.52. The first-order valence-electron chi connectivity index (χ1n) is 10.4. The fourth-order valence-electron chi connectivity index (χ4n) is 4.07. The van der Waals surface area contributed by atoms with E-state index >= 15 is 0 Å². The second-order valence-corrected chi connectivity index (χ2v) is 7.89. The zero-order valence-electron chi connectivity index (χ0n) is 17.5. The first-order chi connectivity index (χ1) is 14.1. The number of hydrogen-bond acceptors (Lipinski definition) is 2. The van der Waals surface area contributed by atoms with Crippen LogP contribution in [0.4, 0.5) is 0 Å². The van der Waals surface area contributed by atoms with Gasteiger partial charge in [-0.15, -0.1) is 0 Å². The van der Waals surface area contributed by atoms with Gasteiger partial charge in [0, 0.05) is 11.8 Å². The molecule has 1 saturated heterocycles. The molecule has 1 fully saturated rings. The zero-order chi connectivity index (χ0) is 20.4. The molecule has 2 aromatic carbocycles. The summed E-state index contributed by atoms with van der Waals surface area (Å²) in [5.74, 6) is 0.0808. The van der Waals surface area contributed by atoms with Gasteiger partial charge in [0.15, 0.2) is 0 Å². The van der Waals surface area contributed by atoms with Crippen molar-refractivity contribution in [3.8, 4) is 16.9 Å². The number of nitrogens with zero attached hydrogens (tertiary/aromatic N) is 3. The molecular weight excluding hydrogens is 360 g/mol. The van der Waals surface area contributed by atoms with E-state index in [1.807, 2.05) is 46.1 Å². The van der Waals surface area contributed by atoms with Gasteiger partial charge in [-0.05, 0) is 38.5 Å². The van der Waals surface area contributed by atoms with Gasteiger partial charge in [-0.3, -0.25) is 4.79 Å². The number of benzene rings is 2. The van der Waals surface area contributed by atoms with Crippen molar-refractivity contribution in [1.82, 2.24) is 14.7 Å². The van der Waals surface area contributed by atoms with Crippen molar-refractivity contribution in [3.63, 3.8) is 0 Å². The van der Waals surface area contributed by atoms with Gasteiger partial charge in [0.1, 0.15) is 5.69 Å². The molecule has 5 heteroatoms. The van der Waals surface area contributed by atoms with Crippen LogP contribution in [0.2, 0.25) is 0 Å². The van der Waals surface area contributed by atoms with E-state index in [0.717, 1.165) is 55.2 Å². The number of carbonyl (C=O) groups is 1. The fraction of sp³-hybridized carbons (Fsp3) is 0.333. The molecule has 150 valence electrons. The van der Waals surface area contributed by atoms with E-state index in [2.05, 4.69) is 39.0 Å². The van der Waals surface area contributed by atoms with Crippen LogP contribution < -0.4 is 4.90 Å². The molecule has 0 spiro atoms. The number of hydrogen-bond donors (Lipinski definition) is 1. The molecule has 1 N–H and O–H groups in total. The number of aryl methyl sites for hydroxylation is 2. The Balaban J connectivity index is 1.75. The fourth-order valence-corrected chi connectivity index (χ4v) is 4.07. The smallest absolute Gasteiger partial charge is 0.258 e. The SMILES string of the molecule is CC[NH+]1CCN(C(=O)c2cn(-c3ccccc3)nc2-c2ccc(C)cc2C)CC1. The van der Waals surface area contributed by atoms with Crippen LogP contribution in [-0.2, 0) is 0 Å². The third-order valence-corrected chi connectivity index (χ3v) is 5.86. The number of piperazine rings is 1. The van der Waals surface area contributed by atoms with Gasteiger partial charge in [0.05, 0.1) is 44.0 Å². The maximum Gasteiger partial charge on any atom is 0.258 e. The molecule has 1 aromatic heterocycles. The molecule has 1 aliphatic heterocycles. The highest BCUT2D eigenvalue weighted by Gasteiger charge is 2.28. The van der Waals surface area contributed by atoms with Crippen molar-refractivity contribution < 1.29 is 9.69 Å². The summed E-state index contributed by atoms with van der Waals surface area (Å²) in [5, 5.41) is 4.85. The molecule has 0 unspecified atom stereocenters. The third kappa shape index (κ3) is 3.96. The average molecular weight is 390 g/mol. The summed E-state index contributed by atoms with van der Waals surface area (Å²) in [6.45, 7) is 11.1. The van der Waals surface area contributed by atoms with Gasteiger partial charge in [-0.25, -0.2) is 4.68 Å². The van der Waals surface area contributed by atoms with Crippen LogP contribution in [0, 0.1) is 13.8 Å². The Morgan fingerprint density at radius 2 is 1.79 bits per heavy atom. The number of para-hydroxylation sites is 1. The van der Waals surface area contributed by atoms with Gasteiger partial charge in [0.2, 0.25) is 0 Å². The van der Waals surface area contributed by atoms with E-state index in [1.165, 1.54) is 5.56 Å². The molecule has 4 rings (SSSR count). The molecule has 0 aliphatic carbocycles. The van der Waals surface area contributed by atoms with E-state index in [9.17, 15) is 4.79 Å². The molecule has 3 aromatic rings. The number of quaternary nitrogens is 1. The minimum atomic E-state index is 0.0808. The van der Waals surface area contributed by atoms with E-state index in [0.29, 0.717) is 5.56 Å². The van der Waals surface area contributed by atoms with E-state index in [1.54, 1.807) is 4.90 Å². The van der Waals surface area contributed by atoms with Gasteiger partial charge in [-0.2, -0.15) is 5.10 Å². The van der Waals surface area contributed by atoms with E-state index in [4.69, 9.17) is 5.10 Å². The van der Waals surface area contributed by atoms with E-state index < -0.39 is 0 Å². The quantitative estimate of drug-likeness (QED) is 0.745. The molecule has 5 nitrogen and oxygen atoms in total. The number of nitrogens with one attached hydrogen (secondary N) is 1. The minimum absolute atomic E-state index is 0.0808. The highest BCUT2D eigenvalue weighted by atomic mass is 16.2. The Bertz CT molecular complexity index is 1000. The standard InChI is InChI=1S/C24H28N4O/c1-4-26-12-14-27(15-13-26)24(29)22-17-28(20-8-6-5-7-9-20)25-23(22)21-11-10-18(2)16-19(21)3/h5-11,16-17H,4,12-15H2,1-3H3/p+1. The number of amides is 1. The molecule has 0 saturated carbocycles. The van der Waals surface area contributed by atoms with Crippen molar-refractivity contribution in [1.29, 1.82) is 0 Å². The maximum absolute atomic E-state index is 13.5. The largest absolute Gasteiger partial charge is 0.332 e. The lowest BCUT2D eigenvalue weighted by atomic mass is 10.00. The first kappa shape index (κ1) is 19.4. The molecule has 1 amide bonds. The number of carbonyl (C=O) groups excluding carboxylic acids is 1. The summed E-state index contributed by atoms with van der Waals surface area (Å²) in [5.41, 5.74) is 5.77. The molecular formula is C24H29N4O+. The second kappa shape index (κ2) is 8.21. The lowest BCUT2D eigenvalue weighted by Gasteiger charge is -2.31. The van der Waals surface area contributed by atoms with Crippen LogP contribution in [-0.4, -0.2) is 53.3 Å². The Kier molecular flexibility index (Phi) is 5.49. The van der Waals surface area contributed by atoms with Crippen LogP contribution in [0.3, 0.4) is 0 Å². The number of rotatable bonds is 4. The predicted molar refractivity (Wildman–Crippen MR) is 116 cm³/mol. The highest BCUT2D eigenvalue weighted by molar-refractivity contribution is 6.00. The van der Waals surface area contributed by atoms with Gasteiger partial charge >= 0.3 is 0 Å². The summed E-state index contributed by atoms with van der Waals surface area (Å²) in [6, 6.07) is 16.3. The lowest BCUT2D eigenvalue weighted by Crippen LogP contribution is -3.14. The van der Waals surface area contributed by atoms with Crippen LogP contribution in [0.1, 0.15) is 28.4 Å².